The molecule has 6 atom stereocenters. The van der Waals surface area contributed by atoms with E-state index >= 15 is 0 Å². The third-order valence-corrected chi connectivity index (χ3v) is 5.78. The standard InChI is InChI=1S/C10H12/c1-2-4-5-3(1)6-7(4)10-8(5)9(6)10/h3-10H,1-2H2/t3-,4-,5?,6-,7-,8?,9-,10-/m0/s1. The number of hydrogen-bond donors (Lipinski definition) is 0. The van der Waals surface area contributed by atoms with Gasteiger partial charge in [-0.15, -0.1) is 0 Å². The highest BCUT2D eigenvalue weighted by molar-refractivity contribution is 5.34. The van der Waals surface area contributed by atoms with Crippen molar-refractivity contribution in [1.82, 2.24) is 0 Å². The molecule has 6 aliphatic carbocycles. The minimum Gasteiger partial charge on any atom is -0.0496 e. The zero-order valence-corrected chi connectivity index (χ0v) is 6.03. The van der Waals surface area contributed by atoms with Crippen LogP contribution in [-0.4, -0.2) is 0 Å². The Labute approximate surface area is 61.0 Å². The summed E-state index contributed by atoms with van der Waals surface area (Å²) in [6.07, 6.45) is 3.27. The molecule has 0 heterocycles. The smallest absolute Gasteiger partial charge is 0.0312 e. The molecular weight excluding hydrogens is 120 g/mol. The van der Waals surface area contributed by atoms with Crippen LogP contribution in [0.2, 0.25) is 0 Å². The lowest BCUT2D eigenvalue weighted by atomic mass is 9.66. The molecule has 0 heteroatoms. The van der Waals surface area contributed by atoms with Crippen LogP contribution in [0.5, 0.6) is 0 Å². The minimum absolute atomic E-state index is 1.27. The van der Waals surface area contributed by atoms with Gasteiger partial charge in [0.2, 0.25) is 0 Å². The third-order valence-electron chi connectivity index (χ3n) is 5.78. The van der Waals surface area contributed by atoms with Crippen molar-refractivity contribution in [3.63, 3.8) is 0 Å². The molecule has 0 spiro atoms. The number of hydrogen-bond acceptors (Lipinski definition) is 0. The van der Waals surface area contributed by atoms with Gasteiger partial charge >= 0.3 is 0 Å². The van der Waals surface area contributed by atoms with Gasteiger partial charge in [0.05, 0.1) is 0 Å². The van der Waals surface area contributed by atoms with Crippen LogP contribution in [0.1, 0.15) is 12.8 Å². The van der Waals surface area contributed by atoms with E-state index in [-0.39, 0.29) is 0 Å². The van der Waals surface area contributed by atoms with Crippen LogP contribution in [0.4, 0.5) is 0 Å². The maximum Gasteiger partial charge on any atom is -0.0312 e. The second-order valence-corrected chi connectivity index (χ2v) is 5.37. The molecular formula is C10H12. The summed E-state index contributed by atoms with van der Waals surface area (Å²) in [5.41, 5.74) is 0. The molecule has 6 fully saturated rings. The van der Waals surface area contributed by atoms with Crippen molar-refractivity contribution in [2.75, 3.05) is 0 Å². The van der Waals surface area contributed by atoms with Gasteiger partial charge in [0.25, 0.3) is 0 Å². The lowest BCUT2D eigenvalue weighted by Gasteiger charge is -2.39. The Morgan fingerprint density at radius 3 is 1.40 bits per heavy atom. The Kier molecular flexibility index (Phi) is 0.352. The zero-order valence-electron chi connectivity index (χ0n) is 6.03. The van der Waals surface area contributed by atoms with Gasteiger partial charge in [-0.1, -0.05) is 0 Å². The van der Waals surface area contributed by atoms with Crippen LogP contribution in [0.3, 0.4) is 0 Å². The van der Waals surface area contributed by atoms with Gasteiger partial charge in [0.15, 0.2) is 0 Å². The van der Waals surface area contributed by atoms with E-state index in [9.17, 15) is 0 Å². The summed E-state index contributed by atoms with van der Waals surface area (Å²) in [6.45, 7) is 0. The summed E-state index contributed by atoms with van der Waals surface area (Å²) in [5, 5.41) is 0. The average Bonchev–Trinajstić information content (AvgIpc) is 2.37. The van der Waals surface area contributed by atoms with E-state index in [0.29, 0.717) is 0 Å². The maximum absolute atomic E-state index is 1.64. The molecule has 0 N–H and O–H groups in total. The maximum atomic E-state index is 1.64. The van der Waals surface area contributed by atoms with Gasteiger partial charge in [-0.3, -0.25) is 0 Å². The monoisotopic (exact) mass is 132 g/mol. The molecule has 6 rings (SSSR count). The number of rotatable bonds is 0. The fourth-order valence-electron chi connectivity index (χ4n) is 5.99. The Morgan fingerprint density at radius 1 is 0.500 bits per heavy atom. The second-order valence-electron chi connectivity index (χ2n) is 5.37. The lowest BCUT2D eigenvalue weighted by molar-refractivity contribution is 0.0851. The topological polar surface area (TPSA) is 0 Å². The first kappa shape index (κ1) is 4.13. The summed E-state index contributed by atoms with van der Waals surface area (Å²) in [5.74, 6) is 10.4. The lowest BCUT2D eigenvalue weighted by Crippen LogP contribution is -2.34. The third kappa shape index (κ3) is 0.177. The molecule has 0 unspecified atom stereocenters. The Balaban J connectivity index is 1.90. The van der Waals surface area contributed by atoms with E-state index in [1.807, 2.05) is 0 Å². The van der Waals surface area contributed by atoms with Crippen molar-refractivity contribution in [1.29, 1.82) is 0 Å². The molecule has 52 valence electrons. The predicted octanol–water partition coefficient (Wildman–Crippen LogP) is 1.76. The molecule has 6 saturated carbocycles. The Bertz CT molecular complexity index is 216. The summed E-state index contributed by atoms with van der Waals surface area (Å²) in [4.78, 5) is 0. The molecule has 10 heavy (non-hydrogen) atoms. The average molecular weight is 132 g/mol. The Morgan fingerprint density at radius 2 is 1.00 bits per heavy atom. The summed E-state index contributed by atoms with van der Waals surface area (Å²) >= 11 is 0. The molecule has 5 bridgehead atoms. The zero-order chi connectivity index (χ0) is 6.03. The molecule has 0 radical (unpaired) electrons. The van der Waals surface area contributed by atoms with E-state index in [1.165, 1.54) is 47.3 Å². The quantitative estimate of drug-likeness (QED) is 0.471. The molecule has 0 amide bonds. The SMILES string of the molecule is C1C[C@H]2C3C4[C@H]5[C@H]4[C@@H]2[C@@H]5[C@@H]13. The molecule has 0 saturated heterocycles. The fourth-order valence-corrected chi connectivity index (χ4v) is 5.99. The molecule has 0 aromatic rings. The van der Waals surface area contributed by atoms with Crippen LogP contribution in [0.25, 0.3) is 0 Å². The highest BCUT2D eigenvalue weighted by atomic mass is 14.9. The first-order valence-corrected chi connectivity index (χ1v) is 4.98. The van der Waals surface area contributed by atoms with E-state index in [1.54, 1.807) is 12.8 Å². The van der Waals surface area contributed by atoms with Crippen molar-refractivity contribution in [3.05, 3.63) is 0 Å². The normalized spacial score (nSPS) is 91.2. The van der Waals surface area contributed by atoms with Gasteiger partial charge in [0.1, 0.15) is 0 Å². The van der Waals surface area contributed by atoms with Crippen LogP contribution >= 0.6 is 0 Å². The van der Waals surface area contributed by atoms with Crippen molar-refractivity contribution >= 4 is 0 Å². The van der Waals surface area contributed by atoms with E-state index < -0.39 is 0 Å². The molecule has 0 aliphatic heterocycles. The first-order valence-electron chi connectivity index (χ1n) is 4.98. The first-order chi connectivity index (χ1) is 4.98. The second kappa shape index (κ2) is 0.852. The summed E-state index contributed by atoms with van der Waals surface area (Å²) < 4.78 is 0. The van der Waals surface area contributed by atoms with Crippen LogP contribution in [-0.2, 0) is 0 Å². The van der Waals surface area contributed by atoms with E-state index in [0.717, 1.165) is 0 Å². The predicted molar refractivity (Wildman–Crippen MR) is 37.2 cm³/mol. The van der Waals surface area contributed by atoms with Gasteiger partial charge in [0, 0.05) is 0 Å². The van der Waals surface area contributed by atoms with Crippen molar-refractivity contribution in [3.8, 4) is 0 Å². The fraction of sp³-hybridized carbons (Fsp3) is 1.00. The summed E-state index contributed by atoms with van der Waals surface area (Å²) in [7, 11) is 0. The molecule has 0 aromatic heterocycles. The van der Waals surface area contributed by atoms with E-state index in [2.05, 4.69) is 0 Å². The van der Waals surface area contributed by atoms with Gasteiger partial charge in [-0.05, 0) is 60.2 Å². The molecule has 0 nitrogen and oxygen atoms in total. The van der Waals surface area contributed by atoms with Crippen molar-refractivity contribution in [2.45, 2.75) is 12.8 Å². The minimum atomic E-state index is 1.27. The van der Waals surface area contributed by atoms with E-state index in [4.69, 9.17) is 0 Å². The van der Waals surface area contributed by atoms with Crippen LogP contribution in [0, 0.1) is 47.3 Å². The highest BCUT2D eigenvalue weighted by Crippen LogP contribution is 2.91. The molecule has 6 aliphatic rings. The van der Waals surface area contributed by atoms with Crippen LogP contribution < -0.4 is 0 Å². The van der Waals surface area contributed by atoms with Gasteiger partial charge in [-0.25, -0.2) is 0 Å². The summed E-state index contributed by atoms with van der Waals surface area (Å²) in [6, 6.07) is 0. The molecule has 0 aromatic carbocycles. The van der Waals surface area contributed by atoms with Gasteiger partial charge < -0.3 is 0 Å². The van der Waals surface area contributed by atoms with Crippen molar-refractivity contribution in [2.24, 2.45) is 47.3 Å². The highest BCUT2D eigenvalue weighted by Gasteiger charge is 2.87. The largest absolute Gasteiger partial charge is 0.0496 e. The van der Waals surface area contributed by atoms with Crippen LogP contribution in [0.15, 0.2) is 0 Å². The van der Waals surface area contributed by atoms with Gasteiger partial charge in [-0.2, -0.15) is 0 Å². The Hall–Kier alpha value is 0. The van der Waals surface area contributed by atoms with Crippen molar-refractivity contribution < 1.29 is 0 Å².